The van der Waals surface area contributed by atoms with Gasteiger partial charge in [0.1, 0.15) is 0 Å². The van der Waals surface area contributed by atoms with Gasteiger partial charge in [0, 0.05) is 31.6 Å². The summed E-state index contributed by atoms with van der Waals surface area (Å²) >= 11 is 1.62. The molecule has 3 rings (SSSR count). The van der Waals surface area contributed by atoms with Gasteiger partial charge in [-0.1, -0.05) is 36.8 Å². The molecular formula is C20H28N4OS. The molecule has 2 aromatic rings. The summed E-state index contributed by atoms with van der Waals surface area (Å²) in [7, 11) is 1.83. The molecule has 1 atom stereocenters. The predicted molar refractivity (Wildman–Crippen MR) is 106 cm³/mol. The number of piperidine rings is 1. The van der Waals surface area contributed by atoms with Crippen molar-refractivity contribution >= 4 is 17.4 Å². The van der Waals surface area contributed by atoms with Gasteiger partial charge in [0.2, 0.25) is 0 Å². The summed E-state index contributed by atoms with van der Waals surface area (Å²) < 4.78 is 0. The maximum absolute atomic E-state index is 12.4. The van der Waals surface area contributed by atoms with Crippen LogP contribution < -0.4 is 5.32 Å². The minimum Gasteiger partial charge on any atom is -0.336 e. The van der Waals surface area contributed by atoms with E-state index in [0.29, 0.717) is 19.1 Å². The number of urea groups is 1. The van der Waals surface area contributed by atoms with Gasteiger partial charge < -0.3 is 10.2 Å². The Morgan fingerprint density at radius 3 is 2.88 bits per heavy atom. The van der Waals surface area contributed by atoms with Crippen molar-refractivity contribution in [3.05, 3.63) is 52.0 Å². The van der Waals surface area contributed by atoms with Crippen LogP contribution in [0.2, 0.25) is 0 Å². The minimum atomic E-state index is -0.0270. The number of carbonyl (C=O) groups excluding carboxylic acids is 1. The van der Waals surface area contributed by atoms with Crippen LogP contribution in [0.3, 0.4) is 0 Å². The Labute approximate surface area is 160 Å². The highest BCUT2D eigenvalue weighted by molar-refractivity contribution is 7.09. The van der Waals surface area contributed by atoms with Gasteiger partial charge in [-0.2, -0.15) is 0 Å². The number of thiazole rings is 1. The molecule has 2 amide bonds. The van der Waals surface area contributed by atoms with Crippen LogP contribution in [-0.4, -0.2) is 47.0 Å². The summed E-state index contributed by atoms with van der Waals surface area (Å²) in [5.41, 5.74) is 2.29. The number of nitrogens with one attached hydrogen (secondary N) is 1. The third kappa shape index (κ3) is 5.29. The van der Waals surface area contributed by atoms with Crippen LogP contribution in [0.1, 0.15) is 35.5 Å². The molecule has 0 bridgehead atoms. The lowest BCUT2D eigenvalue weighted by atomic mass is 10.0. The molecule has 0 saturated carbocycles. The quantitative estimate of drug-likeness (QED) is 0.842. The number of aryl methyl sites for hydroxylation is 1. The number of nitrogens with zero attached hydrogens (tertiary/aromatic N) is 3. The molecule has 5 nitrogen and oxygen atoms in total. The molecule has 140 valence electrons. The average molecular weight is 373 g/mol. The van der Waals surface area contributed by atoms with Crippen LogP contribution in [0.5, 0.6) is 0 Å². The Hall–Kier alpha value is -1.92. The molecule has 1 aromatic carbocycles. The molecule has 2 heterocycles. The number of likely N-dealkylation sites (tertiary alicyclic amines) is 1. The molecular weight excluding hydrogens is 344 g/mol. The third-order valence-electron chi connectivity index (χ3n) is 4.88. The van der Waals surface area contributed by atoms with E-state index in [9.17, 15) is 4.79 Å². The summed E-state index contributed by atoms with van der Waals surface area (Å²) in [6.07, 6.45) is 3.61. The monoisotopic (exact) mass is 372 g/mol. The zero-order chi connectivity index (χ0) is 18.4. The second kappa shape index (κ2) is 9.14. The van der Waals surface area contributed by atoms with E-state index in [4.69, 9.17) is 0 Å². The van der Waals surface area contributed by atoms with E-state index in [2.05, 4.69) is 45.5 Å². The SMILES string of the molecule is Cc1nc(CN(C)C(=O)NCC2CCCCN2Cc2ccccc2)cs1. The average Bonchev–Trinajstić information content (AvgIpc) is 3.06. The number of amides is 2. The van der Waals surface area contributed by atoms with E-state index >= 15 is 0 Å². The van der Waals surface area contributed by atoms with Crippen molar-refractivity contribution < 1.29 is 4.79 Å². The molecule has 1 unspecified atom stereocenters. The summed E-state index contributed by atoms with van der Waals surface area (Å²) in [4.78, 5) is 21.1. The number of hydrogen-bond donors (Lipinski definition) is 1. The van der Waals surface area contributed by atoms with Gasteiger partial charge in [-0.15, -0.1) is 11.3 Å². The van der Waals surface area contributed by atoms with E-state index in [0.717, 1.165) is 30.2 Å². The second-order valence-corrected chi connectivity index (χ2v) is 8.07. The van der Waals surface area contributed by atoms with Crippen molar-refractivity contribution in [1.82, 2.24) is 20.1 Å². The van der Waals surface area contributed by atoms with Crippen LogP contribution >= 0.6 is 11.3 Å². The van der Waals surface area contributed by atoms with E-state index < -0.39 is 0 Å². The maximum atomic E-state index is 12.4. The van der Waals surface area contributed by atoms with Crippen molar-refractivity contribution in [3.63, 3.8) is 0 Å². The van der Waals surface area contributed by atoms with Crippen LogP contribution in [0.15, 0.2) is 35.7 Å². The lowest BCUT2D eigenvalue weighted by Crippen LogP contribution is -2.48. The van der Waals surface area contributed by atoms with Crippen LogP contribution in [0, 0.1) is 6.92 Å². The van der Waals surface area contributed by atoms with Gasteiger partial charge in [-0.3, -0.25) is 4.90 Å². The molecule has 1 saturated heterocycles. The Morgan fingerprint density at radius 1 is 1.35 bits per heavy atom. The smallest absolute Gasteiger partial charge is 0.317 e. The van der Waals surface area contributed by atoms with Gasteiger partial charge in [0.05, 0.1) is 17.2 Å². The van der Waals surface area contributed by atoms with Crippen LogP contribution in [0.25, 0.3) is 0 Å². The summed E-state index contributed by atoms with van der Waals surface area (Å²) in [5.74, 6) is 0. The first-order valence-corrected chi connectivity index (χ1v) is 10.2. The number of aromatic nitrogens is 1. The molecule has 1 fully saturated rings. The molecule has 1 aromatic heterocycles. The Kier molecular flexibility index (Phi) is 6.63. The van der Waals surface area contributed by atoms with Gasteiger partial charge in [-0.05, 0) is 31.9 Å². The highest BCUT2D eigenvalue weighted by Crippen LogP contribution is 2.19. The number of carbonyl (C=O) groups is 1. The van der Waals surface area contributed by atoms with Crippen LogP contribution in [-0.2, 0) is 13.1 Å². The zero-order valence-corrected chi connectivity index (χ0v) is 16.5. The van der Waals surface area contributed by atoms with Gasteiger partial charge in [0.15, 0.2) is 0 Å². The van der Waals surface area contributed by atoms with Gasteiger partial charge >= 0.3 is 6.03 Å². The van der Waals surface area contributed by atoms with E-state index in [1.165, 1.54) is 18.4 Å². The molecule has 26 heavy (non-hydrogen) atoms. The second-order valence-electron chi connectivity index (χ2n) is 7.01. The highest BCUT2D eigenvalue weighted by atomic mass is 32.1. The minimum absolute atomic E-state index is 0.0270. The Bertz CT molecular complexity index is 703. The molecule has 1 aliphatic rings. The molecule has 6 heteroatoms. The van der Waals surface area contributed by atoms with E-state index in [1.54, 1.807) is 16.2 Å². The van der Waals surface area contributed by atoms with E-state index in [-0.39, 0.29) is 6.03 Å². The van der Waals surface area contributed by atoms with Gasteiger partial charge in [-0.25, -0.2) is 9.78 Å². The standard InChI is InChI=1S/C20H28N4OS/c1-16-22-18(15-26-16)14-23(2)20(25)21-12-19-10-6-7-11-24(19)13-17-8-4-3-5-9-17/h3-5,8-9,15,19H,6-7,10-14H2,1-2H3,(H,21,25). The van der Waals surface area contributed by atoms with Crippen LogP contribution in [0.4, 0.5) is 4.79 Å². The highest BCUT2D eigenvalue weighted by Gasteiger charge is 2.23. The summed E-state index contributed by atoms with van der Waals surface area (Å²) in [6, 6.07) is 11.0. The summed E-state index contributed by atoms with van der Waals surface area (Å²) in [5, 5.41) is 6.17. The zero-order valence-electron chi connectivity index (χ0n) is 15.6. The van der Waals surface area contributed by atoms with Crippen molar-refractivity contribution in [2.75, 3.05) is 20.1 Å². The maximum Gasteiger partial charge on any atom is 0.317 e. The molecule has 1 N–H and O–H groups in total. The van der Waals surface area contributed by atoms with E-state index in [1.807, 2.05) is 19.4 Å². The first kappa shape index (κ1) is 18.9. The van der Waals surface area contributed by atoms with Gasteiger partial charge in [0.25, 0.3) is 0 Å². The first-order chi connectivity index (χ1) is 12.6. The number of hydrogen-bond acceptors (Lipinski definition) is 4. The fourth-order valence-corrected chi connectivity index (χ4v) is 4.06. The first-order valence-electron chi connectivity index (χ1n) is 9.30. The Morgan fingerprint density at radius 2 is 2.15 bits per heavy atom. The molecule has 0 spiro atoms. The molecule has 0 aliphatic carbocycles. The molecule has 0 radical (unpaired) electrons. The topological polar surface area (TPSA) is 48.5 Å². The fourth-order valence-electron chi connectivity index (χ4n) is 3.45. The normalized spacial score (nSPS) is 17.8. The largest absolute Gasteiger partial charge is 0.336 e. The molecule has 1 aliphatic heterocycles. The number of rotatable bonds is 6. The number of benzene rings is 1. The lowest BCUT2D eigenvalue weighted by molar-refractivity contribution is 0.135. The van der Waals surface area contributed by atoms with Crippen molar-refractivity contribution in [2.45, 2.75) is 45.3 Å². The predicted octanol–water partition coefficient (Wildman–Crippen LogP) is 3.65. The Balaban J connectivity index is 1.50. The lowest BCUT2D eigenvalue weighted by Gasteiger charge is -2.36. The fraction of sp³-hybridized carbons (Fsp3) is 0.500. The van der Waals surface area contributed by atoms with Crippen molar-refractivity contribution in [1.29, 1.82) is 0 Å². The summed E-state index contributed by atoms with van der Waals surface area (Å²) in [6.45, 7) is 5.29. The van der Waals surface area contributed by atoms with Crippen molar-refractivity contribution in [2.24, 2.45) is 0 Å². The third-order valence-corrected chi connectivity index (χ3v) is 5.70. The van der Waals surface area contributed by atoms with Crippen molar-refractivity contribution in [3.8, 4) is 0 Å².